The number of nitrogens with zero attached hydrogens (tertiary/aromatic N) is 2. The van der Waals surface area contributed by atoms with E-state index in [0.717, 1.165) is 9.95 Å². The zero-order valence-electron chi connectivity index (χ0n) is 12.2. The van der Waals surface area contributed by atoms with Crippen LogP contribution in [0.3, 0.4) is 0 Å². The summed E-state index contributed by atoms with van der Waals surface area (Å²) in [5.74, 6) is -0.471. The van der Waals surface area contributed by atoms with Gasteiger partial charge in [0.15, 0.2) is 5.78 Å². The number of benzene rings is 1. The first-order valence-electron chi connectivity index (χ1n) is 6.56. The maximum Gasteiger partial charge on any atom is 0.416 e. The van der Waals surface area contributed by atoms with Gasteiger partial charge < -0.3 is 5.11 Å². The molecule has 21 heavy (non-hydrogen) atoms. The Bertz CT molecular complexity index is 773. The summed E-state index contributed by atoms with van der Waals surface area (Å²) < 4.78 is 0.996. The van der Waals surface area contributed by atoms with Gasteiger partial charge in [-0.15, -0.1) is 0 Å². The molecule has 1 heterocycles. The predicted octanol–water partition coefficient (Wildman–Crippen LogP) is 3.56. The van der Waals surface area contributed by atoms with Crippen LogP contribution in [0.2, 0.25) is 0 Å². The minimum Gasteiger partial charge on any atom is -0.464 e. The van der Waals surface area contributed by atoms with Crippen molar-refractivity contribution in [3.8, 4) is 6.07 Å². The quantitative estimate of drug-likeness (QED) is 0.854. The lowest BCUT2D eigenvalue weighted by Crippen LogP contribution is -2.21. The molecule has 2 aromatic rings. The Labute approximate surface area is 122 Å². The number of carbonyl (C=O) groups excluding carboxylic acids is 1. The normalized spacial score (nSPS) is 11.3. The summed E-state index contributed by atoms with van der Waals surface area (Å²) in [6.45, 7) is 5.76. The van der Waals surface area contributed by atoms with Crippen LogP contribution in [0.4, 0.5) is 4.79 Å². The van der Waals surface area contributed by atoms with Crippen LogP contribution in [0.5, 0.6) is 0 Å². The molecule has 1 N–H and O–H groups in total. The summed E-state index contributed by atoms with van der Waals surface area (Å²) in [7, 11) is 0. The van der Waals surface area contributed by atoms with Gasteiger partial charge in [0.2, 0.25) is 0 Å². The highest BCUT2D eigenvalue weighted by molar-refractivity contribution is 6.08. The van der Waals surface area contributed by atoms with Crippen molar-refractivity contribution in [3.05, 3.63) is 35.5 Å². The zero-order valence-corrected chi connectivity index (χ0v) is 12.2. The molecule has 5 nitrogen and oxygen atoms in total. The van der Waals surface area contributed by atoms with Gasteiger partial charge in [-0.3, -0.25) is 4.79 Å². The molecule has 5 heteroatoms. The van der Waals surface area contributed by atoms with E-state index >= 15 is 0 Å². The number of rotatable bonds is 2. The van der Waals surface area contributed by atoms with Crippen molar-refractivity contribution in [2.45, 2.75) is 32.6 Å². The van der Waals surface area contributed by atoms with Crippen LogP contribution < -0.4 is 0 Å². The molecule has 0 spiro atoms. The van der Waals surface area contributed by atoms with E-state index in [0.29, 0.717) is 11.1 Å². The number of hydrogen-bond donors (Lipinski definition) is 1. The Morgan fingerprint density at radius 1 is 1.29 bits per heavy atom. The monoisotopic (exact) mass is 284 g/mol. The number of Topliss-reactive ketones (excluding diaryl/α,β-unsaturated/α-hetero) is 1. The fourth-order valence-electron chi connectivity index (χ4n) is 2.62. The highest BCUT2D eigenvalue weighted by atomic mass is 16.4. The fourth-order valence-corrected chi connectivity index (χ4v) is 2.62. The molecule has 0 aliphatic rings. The van der Waals surface area contributed by atoms with E-state index in [1.54, 1.807) is 24.3 Å². The standard InChI is InChI=1S/C16H16N2O3/c1-16(2,3)13-10-6-4-5-7-11(10)18(15(20)21)14(13)12(19)8-9-17/h4-7H,8H2,1-3H3,(H,20,21). The van der Waals surface area contributed by atoms with Crippen LogP contribution in [-0.4, -0.2) is 21.6 Å². The molecule has 0 amide bonds. The van der Waals surface area contributed by atoms with Gasteiger partial charge in [-0.25, -0.2) is 9.36 Å². The van der Waals surface area contributed by atoms with Crippen LogP contribution >= 0.6 is 0 Å². The zero-order chi connectivity index (χ0) is 15.8. The Morgan fingerprint density at radius 3 is 2.43 bits per heavy atom. The third-order valence-electron chi connectivity index (χ3n) is 3.32. The van der Waals surface area contributed by atoms with E-state index < -0.39 is 17.3 Å². The number of para-hydroxylation sites is 1. The summed E-state index contributed by atoms with van der Waals surface area (Å²) in [5.41, 5.74) is 0.815. The van der Waals surface area contributed by atoms with E-state index in [9.17, 15) is 14.7 Å². The molecule has 1 aromatic carbocycles. The predicted molar refractivity (Wildman–Crippen MR) is 78.6 cm³/mol. The first kappa shape index (κ1) is 14.8. The van der Waals surface area contributed by atoms with Crippen molar-refractivity contribution in [1.82, 2.24) is 4.57 Å². The number of carboxylic acid groups (broad SMARTS) is 1. The Morgan fingerprint density at radius 2 is 1.90 bits per heavy atom. The van der Waals surface area contributed by atoms with Gasteiger partial charge in [-0.2, -0.15) is 5.26 Å². The van der Waals surface area contributed by atoms with E-state index in [1.165, 1.54) is 0 Å². The maximum atomic E-state index is 12.3. The van der Waals surface area contributed by atoms with Crippen molar-refractivity contribution in [2.75, 3.05) is 0 Å². The van der Waals surface area contributed by atoms with Gasteiger partial charge in [-0.1, -0.05) is 39.0 Å². The first-order chi connectivity index (χ1) is 9.79. The summed E-state index contributed by atoms with van der Waals surface area (Å²) in [4.78, 5) is 23.9. The van der Waals surface area contributed by atoms with Crippen LogP contribution in [0.25, 0.3) is 10.9 Å². The van der Waals surface area contributed by atoms with E-state index in [1.807, 2.05) is 26.8 Å². The van der Waals surface area contributed by atoms with Crippen LogP contribution in [-0.2, 0) is 5.41 Å². The molecule has 0 saturated heterocycles. The Balaban J connectivity index is 2.98. The third-order valence-corrected chi connectivity index (χ3v) is 3.32. The van der Waals surface area contributed by atoms with E-state index in [2.05, 4.69) is 0 Å². The van der Waals surface area contributed by atoms with Gasteiger partial charge >= 0.3 is 6.09 Å². The summed E-state index contributed by atoms with van der Waals surface area (Å²) >= 11 is 0. The number of fused-ring (bicyclic) bond motifs is 1. The van der Waals surface area contributed by atoms with Crippen LogP contribution in [0.1, 0.15) is 43.2 Å². The van der Waals surface area contributed by atoms with E-state index in [-0.39, 0.29) is 12.1 Å². The second-order valence-corrected chi connectivity index (χ2v) is 5.87. The van der Waals surface area contributed by atoms with Crippen molar-refractivity contribution in [2.24, 2.45) is 0 Å². The average molecular weight is 284 g/mol. The number of hydrogen-bond acceptors (Lipinski definition) is 3. The van der Waals surface area contributed by atoms with Gasteiger partial charge in [0.1, 0.15) is 12.1 Å². The molecular weight excluding hydrogens is 268 g/mol. The third kappa shape index (κ3) is 2.40. The second-order valence-electron chi connectivity index (χ2n) is 5.87. The molecule has 0 atom stereocenters. The SMILES string of the molecule is CC(C)(C)c1c(C(=O)CC#N)n(C(=O)O)c2ccccc12. The molecule has 0 aliphatic carbocycles. The van der Waals surface area contributed by atoms with Gasteiger partial charge in [-0.05, 0) is 17.0 Å². The molecule has 0 bridgehead atoms. The number of nitriles is 1. The molecule has 0 aliphatic heterocycles. The largest absolute Gasteiger partial charge is 0.464 e. The Hall–Kier alpha value is -2.61. The molecule has 0 unspecified atom stereocenters. The molecule has 1 aromatic heterocycles. The van der Waals surface area contributed by atoms with Crippen molar-refractivity contribution >= 4 is 22.8 Å². The first-order valence-corrected chi connectivity index (χ1v) is 6.56. The number of aromatic nitrogens is 1. The smallest absolute Gasteiger partial charge is 0.416 e. The summed E-state index contributed by atoms with van der Waals surface area (Å²) in [6.07, 6.45) is -1.56. The topological polar surface area (TPSA) is 83.1 Å². The Kier molecular flexibility index (Phi) is 3.56. The molecule has 0 radical (unpaired) electrons. The van der Waals surface area contributed by atoms with Crippen molar-refractivity contribution in [3.63, 3.8) is 0 Å². The molecule has 108 valence electrons. The average Bonchev–Trinajstić information content (AvgIpc) is 2.73. The second kappa shape index (κ2) is 5.06. The molecular formula is C16H16N2O3. The maximum absolute atomic E-state index is 12.3. The van der Waals surface area contributed by atoms with Gasteiger partial charge in [0.25, 0.3) is 0 Å². The van der Waals surface area contributed by atoms with Gasteiger partial charge in [0, 0.05) is 5.39 Å². The fraction of sp³-hybridized carbons (Fsp3) is 0.312. The lowest BCUT2D eigenvalue weighted by atomic mass is 9.83. The lowest BCUT2D eigenvalue weighted by Gasteiger charge is -2.20. The minimum atomic E-state index is -1.22. The molecule has 2 rings (SSSR count). The van der Waals surface area contributed by atoms with Crippen LogP contribution in [0.15, 0.2) is 24.3 Å². The lowest BCUT2D eigenvalue weighted by molar-refractivity contribution is 0.0985. The minimum absolute atomic E-state index is 0.0951. The van der Waals surface area contributed by atoms with Crippen LogP contribution in [0, 0.1) is 11.3 Å². The van der Waals surface area contributed by atoms with Crippen molar-refractivity contribution in [1.29, 1.82) is 5.26 Å². The number of ketones is 1. The highest BCUT2D eigenvalue weighted by Gasteiger charge is 2.31. The molecule has 0 fully saturated rings. The number of carbonyl (C=O) groups is 2. The summed E-state index contributed by atoms with van der Waals surface area (Å²) in [5, 5.41) is 19.0. The van der Waals surface area contributed by atoms with Crippen molar-refractivity contribution < 1.29 is 14.7 Å². The molecule has 0 saturated carbocycles. The highest BCUT2D eigenvalue weighted by Crippen LogP contribution is 2.36. The van der Waals surface area contributed by atoms with E-state index in [4.69, 9.17) is 5.26 Å². The van der Waals surface area contributed by atoms with Gasteiger partial charge in [0.05, 0.1) is 11.6 Å². The summed E-state index contributed by atoms with van der Waals surface area (Å²) in [6, 6.07) is 8.81.